The number of ether oxygens (including phenoxy) is 2. The van der Waals surface area contributed by atoms with Gasteiger partial charge in [0, 0.05) is 30.0 Å². The molecule has 0 atom stereocenters. The first-order valence-corrected chi connectivity index (χ1v) is 10.7. The third-order valence-corrected chi connectivity index (χ3v) is 6.02. The molecular weight excluding hydrogens is 398 g/mol. The van der Waals surface area contributed by atoms with E-state index in [1.54, 1.807) is 26.0 Å². The van der Waals surface area contributed by atoms with Gasteiger partial charge in [0.25, 0.3) is 0 Å². The number of benzene rings is 2. The molecule has 0 spiro atoms. The van der Waals surface area contributed by atoms with E-state index in [1.807, 2.05) is 47.4 Å². The molecule has 1 fully saturated rings. The number of carbonyl (C=O) groups is 1. The van der Waals surface area contributed by atoms with Crippen LogP contribution in [0.15, 0.2) is 59.6 Å². The van der Waals surface area contributed by atoms with E-state index in [1.165, 1.54) is 5.56 Å². The standard InChI is InChI=1S/C23H23N3O3S/c1-28-20-11-7-17(14-21(20)29-2)19-10-12-22(25-24-19)30-15-16-5-8-18(9-6-16)26-13-3-4-23(26)27/h5-12,14H,3-4,13,15H2,1-2H3. The maximum absolute atomic E-state index is 11.9. The summed E-state index contributed by atoms with van der Waals surface area (Å²) in [7, 11) is 3.23. The Bertz CT molecular complexity index is 1020. The Morgan fingerprint density at radius 3 is 2.40 bits per heavy atom. The highest BCUT2D eigenvalue weighted by Gasteiger charge is 2.21. The summed E-state index contributed by atoms with van der Waals surface area (Å²) < 4.78 is 10.6. The molecule has 2 heterocycles. The van der Waals surface area contributed by atoms with Gasteiger partial charge in [-0.1, -0.05) is 23.9 Å². The van der Waals surface area contributed by atoms with Crippen molar-refractivity contribution in [1.29, 1.82) is 0 Å². The topological polar surface area (TPSA) is 64.5 Å². The van der Waals surface area contributed by atoms with Gasteiger partial charge >= 0.3 is 0 Å². The number of hydrogen-bond donors (Lipinski definition) is 0. The number of aromatic nitrogens is 2. The van der Waals surface area contributed by atoms with Crippen molar-refractivity contribution in [2.24, 2.45) is 0 Å². The van der Waals surface area contributed by atoms with Crippen molar-refractivity contribution in [1.82, 2.24) is 10.2 Å². The highest BCUT2D eigenvalue weighted by atomic mass is 32.2. The Morgan fingerprint density at radius 2 is 1.77 bits per heavy atom. The van der Waals surface area contributed by atoms with Crippen LogP contribution in [0, 0.1) is 0 Å². The van der Waals surface area contributed by atoms with Gasteiger partial charge in [0.1, 0.15) is 5.03 Å². The second kappa shape index (κ2) is 9.17. The predicted octanol–water partition coefficient (Wildman–Crippen LogP) is 4.58. The second-order valence-corrected chi connectivity index (χ2v) is 7.93. The summed E-state index contributed by atoms with van der Waals surface area (Å²) >= 11 is 1.63. The van der Waals surface area contributed by atoms with Gasteiger partial charge in [-0.25, -0.2) is 0 Å². The second-order valence-electron chi connectivity index (χ2n) is 6.93. The van der Waals surface area contributed by atoms with Crippen LogP contribution in [0.2, 0.25) is 0 Å². The van der Waals surface area contributed by atoms with Crippen LogP contribution in [0.5, 0.6) is 11.5 Å². The summed E-state index contributed by atoms with van der Waals surface area (Å²) in [6.45, 7) is 0.814. The Hall–Kier alpha value is -3.06. The summed E-state index contributed by atoms with van der Waals surface area (Å²) in [6.07, 6.45) is 1.59. The largest absolute Gasteiger partial charge is 0.493 e. The first-order valence-electron chi connectivity index (χ1n) is 9.76. The zero-order valence-corrected chi connectivity index (χ0v) is 17.8. The van der Waals surface area contributed by atoms with E-state index in [0.29, 0.717) is 17.9 Å². The van der Waals surface area contributed by atoms with Crippen molar-refractivity contribution in [3.05, 3.63) is 60.2 Å². The van der Waals surface area contributed by atoms with Crippen molar-refractivity contribution in [2.75, 3.05) is 25.7 Å². The van der Waals surface area contributed by atoms with E-state index < -0.39 is 0 Å². The molecule has 4 rings (SSSR count). The predicted molar refractivity (Wildman–Crippen MR) is 118 cm³/mol. The Labute approximate surface area is 180 Å². The molecule has 3 aromatic rings. The lowest BCUT2D eigenvalue weighted by atomic mass is 10.1. The zero-order chi connectivity index (χ0) is 20.9. The summed E-state index contributed by atoms with van der Waals surface area (Å²) in [5, 5.41) is 9.56. The van der Waals surface area contributed by atoms with Crippen LogP contribution in [0.25, 0.3) is 11.3 Å². The summed E-state index contributed by atoms with van der Waals surface area (Å²) in [5.74, 6) is 2.34. The molecule has 2 aromatic carbocycles. The van der Waals surface area contributed by atoms with Crippen LogP contribution in [0.1, 0.15) is 18.4 Å². The average molecular weight is 422 g/mol. The Balaban J connectivity index is 1.39. The van der Waals surface area contributed by atoms with E-state index in [4.69, 9.17) is 9.47 Å². The van der Waals surface area contributed by atoms with Gasteiger partial charge in [0.15, 0.2) is 11.5 Å². The third kappa shape index (κ3) is 4.41. The van der Waals surface area contributed by atoms with Gasteiger partial charge in [0.2, 0.25) is 5.91 Å². The van der Waals surface area contributed by atoms with Crippen molar-refractivity contribution in [3.8, 4) is 22.8 Å². The van der Waals surface area contributed by atoms with Crippen LogP contribution in [-0.4, -0.2) is 36.9 Å². The molecule has 1 saturated heterocycles. The van der Waals surface area contributed by atoms with E-state index in [0.717, 1.165) is 40.7 Å². The first kappa shape index (κ1) is 20.2. The normalized spacial score (nSPS) is 13.5. The van der Waals surface area contributed by atoms with Gasteiger partial charge in [-0.05, 0) is 54.4 Å². The van der Waals surface area contributed by atoms with Crippen LogP contribution in [0.3, 0.4) is 0 Å². The number of thioether (sulfide) groups is 1. The van der Waals surface area contributed by atoms with Crippen molar-refractivity contribution in [3.63, 3.8) is 0 Å². The minimum atomic E-state index is 0.210. The molecular formula is C23H23N3O3S. The van der Waals surface area contributed by atoms with E-state index >= 15 is 0 Å². The van der Waals surface area contributed by atoms with Crippen LogP contribution in [0.4, 0.5) is 5.69 Å². The number of hydrogen-bond acceptors (Lipinski definition) is 6. The monoisotopic (exact) mass is 421 g/mol. The number of anilines is 1. The number of methoxy groups -OCH3 is 2. The Morgan fingerprint density at radius 1 is 0.967 bits per heavy atom. The van der Waals surface area contributed by atoms with Crippen LogP contribution < -0.4 is 14.4 Å². The molecule has 30 heavy (non-hydrogen) atoms. The average Bonchev–Trinajstić information content (AvgIpc) is 3.23. The lowest BCUT2D eigenvalue weighted by Crippen LogP contribution is -2.23. The summed E-state index contributed by atoms with van der Waals surface area (Å²) in [6, 6.07) is 17.8. The maximum atomic E-state index is 11.9. The quantitative estimate of drug-likeness (QED) is 0.520. The Kier molecular flexibility index (Phi) is 6.18. The third-order valence-electron chi connectivity index (χ3n) is 5.03. The molecule has 1 amide bonds. The molecule has 0 aliphatic carbocycles. The maximum Gasteiger partial charge on any atom is 0.227 e. The lowest BCUT2D eigenvalue weighted by Gasteiger charge is -2.15. The number of carbonyl (C=O) groups excluding carboxylic acids is 1. The minimum absolute atomic E-state index is 0.210. The van der Waals surface area contributed by atoms with Crippen molar-refractivity contribution < 1.29 is 14.3 Å². The van der Waals surface area contributed by atoms with Gasteiger partial charge in [0.05, 0.1) is 19.9 Å². The van der Waals surface area contributed by atoms with E-state index in [2.05, 4.69) is 22.3 Å². The van der Waals surface area contributed by atoms with Crippen LogP contribution in [-0.2, 0) is 10.5 Å². The minimum Gasteiger partial charge on any atom is -0.493 e. The van der Waals surface area contributed by atoms with Crippen molar-refractivity contribution in [2.45, 2.75) is 23.6 Å². The SMILES string of the molecule is COc1ccc(-c2ccc(SCc3ccc(N4CCCC4=O)cc3)nn2)cc1OC. The van der Waals surface area contributed by atoms with Crippen molar-refractivity contribution >= 4 is 23.4 Å². The van der Waals surface area contributed by atoms with Gasteiger partial charge in [-0.15, -0.1) is 10.2 Å². The molecule has 154 valence electrons. The molecule has 1 aliphatic rings. The lowest BCUT2D eigenvalue weighted by molar-refractivity contribution is -0.117. The fourth-order valence-electron chi connectivity index (χ4n) is 3.40. The molecule has 0 saturated carbocycles. The summed E-state index contributed by atoms with van der Waals surface area (Å²) in [5.41, 5.74) is 3.86. The van der Waals surface area contributed by atoms with E-state index in [9.17, 15) is 4.79 Å². The molecule has 0 N–H and O–H groups in total. The molecule has 7 heteroatoms. The smallest absolute Gasteiger partial charge is 0.227 e. The number of rotatable bonds is 7. The van der Waals surface area contributed by atoms with E-state index in [-0.39, 0.29) is 5.91 Å². The van der Waals surface area contributed by atoms with Gasteiger partial charge in [-0.3, -0.25) is 4.79 Å². The van der Waals surface area contributed by atoms with Gasteiger partial charge in [-0.2, -0.15) is 0 Å². The molecule has 1 aromatic heterocycles. The molecule has 6 nitrogen and oxygen atoms in total. The number of amides is 1. The first-order chi connectivity index (χ1) is 14.7. The van der Waals surface area contributed by atoms with Gasteiger partial charge < -0.3 is 14.4 Å². The molecule has 0 unspecified atom stereocenters. The zero-order valence-electron chi connectivity index (χ0n) is 17.0. The highest BCUT2D eigenvalue weighted by molar-refractivity contribution is 7.98. The number of nitrogens with zero attached hydrogens (tertiary/aromatic N) is 3. The fraction of sp³-hybridized carbons (Fsp3) is 0.261. The fourth-order valence-corrected chi connectivity index (χ4v) is 4.17. The molecule has 0 radical (unpaired) electrons. The van der Waals surface area contributed by atoms with Crippen LogP contribution >= 0.6 is 11.8 Å². The highest BCUT2D eigenvalue weighted by Crippen LogP contribution is 2.32. The molecule has 1 aliphatic heterocycles. The summed E-state index contributed by atoms with van der Waals surface area (Å²) in [4.78, 5) is 13.7. The molecule has 0 bridgehead atoms.